The first-order chi connectivity index (χ1) is 25.8. The molecule has 54 heavy (non-hydrogen) atoms. The minimum Gasteiger partial charge on any atom is -0.462 e. The first-order valence-electron chi connectivity index (χ1n) is 17.3. The minimum atomic E-state index is -0.837. The molecular weight excluding hydrogens is 708 g/mol. The third-order valence-electron chi connectivity index (χ3n) is 7.32. The molecule has 0 aliphatic carbocycles. The van der Waals surface area contributed by atoms with Crippen molar-refractivity contribution in [1.82, 2.24) is 0 Å². The van der Waals surface area contributed by atoms with Crippen molar-refractivity contribution in [2.45, 2.75) is 46.0 Å². The molecule has 0 fully saturated rings. The second-order valence-electron chi connectivity index (χ2n) is 11.5. The van der Waals surface area contributed by atoms with Crippen LogP contribution in [0.5, 0.6) is 0 Å². The van der Waals surface area contributed by atoms with Crippen LogP contribution in [0.15, 0.2) is 75.9 Å². The van der Waals surface area contributed by atoms with Gasteiger partial charge in [-0.2, -0.15) is 0 Å². The number of carbonyl (C=O) groups excluding carboxylic acids is 6. The van der Waals surface area contributed by atoms with Crippen molar-refractivity contribution in [2.24, 2.45) is 10.8 Å². The summed E-state index contributed by atoms with van der Waals surface area (Å²) in [5.41, 5.74) is -1.22. The van der Waals surface area contributed by atoms with E-state index in [9.17, 15) is 28.8 Å². The van der Waals surface area contributed by atoms with Crippen LogP contribution in [0.3, 0.4) is 0 Å². The highest BCUT2D eigenvalue weighted by atomic mass is 16.6. The summed E-state index contributed by atoms with van der Waals surface area (Å²) in [4.78, 5) is 66.7. The molecule has 0 saturated carbocycles. The van der Waals surface area contributed by atoms with E-state index in [1.54, 1.807) is 6.92 Å². The van der Waals surface area contributed by atoms with Gasteiger partial charge in [0.1, 0.15) is 19.8 Å². The third-order valence-corrected chi connectivity index (χ3v) is 7.32. The Morgan fingerprint density at radius 3 is 0.815 bits per heavy atom. The van der Waals surface area contributed by atoms with Crippen LogP contribution in [0.4, 0.5) is 0 Å². The smallest absolute Gasteiger partial charge is 0.330 e. The molecule has 0 aromatic rings. The average molecular weight is 767 g/mol. The van der Waals surface area contributed by atoms with Crippen molar-refractivity contribution in [3.8, 4) is 0 Å². The first kappa shape index (κ1) is 51.2. The van der Waals surface area contributed by atoms with Gasteiger partial charge in [0.2, 0.25) is 0 Å². The van der Waals surface area contributed by atoms with Crippen LogP contribution >= 0.6 is 0 Å². The van der Waals surface area contributed by atoms with E-state index in [0.29, 0.717) is 65.3 Å². The summed E-state index contributed by atoms with van der Waals surface area (Å²) >= 11 is 0. The van der Waals surface area contributed by atoms with E-state index in [1.165, 1.54) is 0 Å². The van der Waals surface area contributed by atoms with E-state index in [-0.39, 0.29) is 45.1 Å². The lowest BCUT2D eigenvalue weighted by Crippen LogP contribution is -2.38. The zero-order chi connectivity index (χ0) is 41.1. The van der Waals surface area contributed by atoms with E-state index in [4.69, 9.17) is 42.6 Å². The molecule has 0 radical (unpaired) electrons. The highest BCUT2D eigenvalue weighted by Gasteiger charge is 2.34. The first-order valence-corrected chi connectivity index (χ1v) is 17.3. The maximum atomic E-state index is 11.2. The molecule has 0 rings (SSSR count). The van der Waals surface area contributed by atoms with Gasteiger partial charge in [0, 0.05) is 81.0 Å². The molecule has 0 spiro atoms. The average Bonchev–Trinajstić information content (AvgIpc) is 3.20. The Morgan fingerprint density at radius 2 is 0.593 bits per heavy atom. The normalized spacial score (nSPS) is 10.6. The zero-order valence-corrected chi connectivity index (χ0v) is 31.9. The molecule has 15 heteroatoms. The van der Waals surface area contributed by atoms with Crippen molar-refractivity contribution in [1.29, 1.82) is 0 Å². The van der Waals surface area contributed by atoms with Crippen LogP contribution in [0.1, 0.15) is 46.0 Å². The van der Waals surface area contributed by atoms with Gasteiger partial charge < -0.3 is 42.6 Å². The topological polar surface area (TPSA) is 185 Å². The summed E-state index contributed by atoms with van der Waals surface area (Å²) in [7, 11) is 0. The van der Waals surface area contributed by atoms with Crippen molar-refractivity contribution in [3.05, 3.63) is 75.9 Å². The molecule has 304 valence electrons. The van der Waals surface area contributed by atoms with Crippen molar-refractivity contribution < 1.29 is 71.4 Å². The molecule has 0 aliphatic heterocycles. The van der Waals surface area contributed by atoms with E-state index < -0.39 is 41.2 Å². The lowest BCUT2D eigenvalue weighted by Gasteiger charge is -2.32. The van der Waals surface area contributed by atoms with Gasteiger partial charge in [0.05, 0.1) is 45.1 Å². The number of carbonyl (C=O) groups is 6. The van der Waals surface area contributed by atoms with Crippen LogP contribution in [-0.2, 0) is 71.4 Å². The van der Waals surface area contributed by atoms with Gasteiger partial charge in [-0.15, -0.1) is 0 Å². The fourth-order valence-corrected chi connectivity index (χ4v) is 3.76. The number of ether oxygens (including phenoxy) is 9. The van der Waals surface area contributed by atoms with Crippen LogP contribution in [0.25, 0.3) is 0 Å². The summed E-state index contributed by atoms with van der Waals surface area (Å²) in [6, 6.07) is 0. The summed E-state index contributed by atoms with van der Waals surface area (Å²) < 4.78 is 47.2. The molecular formula is C39H58O15. The predicted molar refractivity (Wildman–Crippen MR) is 199 cm³/mol. The van der Waals surface area contributed by atoms with Crippen LogP contribution in [-0.4, -0.2) is 115 Å². The highest BCUT2D eigenvalue weighted by molar-refractivity contribution is 5.83. The van der Waals surface area contributed by atoms with Crippen molar-refractivity contribution >= 4 is 35.8 Å². The molecule has 0 N–H and O–H groups in total. The molecule has 0 aromatic carbocycles. The van der Waals surface area contributed by atoms with Gasteiger partial charge in [0.15, 0.2) is 0 Å². The Labute approximate surface area is 318 Å². The maximum absolute atomic E-state index is 11.2. The van der Waals surface area contributed by atoms with Crippen LogP contribution < -0.4 is 0 Å². The van der Waals surface area contributed by atoms with Gasteiger partial charge in [-0.3, -0.25) is 0 Å². The number of hydrogen-bond acceptors (Lipinski definition) is 15. The van der Waals surface area contributed by atoms with Gasteiger partial charge in [-0.05, 0) is 12.8 Å². The second kappa shape index (κ2) is 32.8. The van der Waals surface area contributed by atoms with Crippen LogP contribution in [0, 0.1) is 10.8 Å². The molecule has 0 aliphatic rings. The Kier molecular flexibility index (Phi) is 31.1. The number of hydrogen-bond donors (Lipinski definition) is 0. The summed E-state index contributed by atoms with van der Waals surface area (Å²) in [6.45, 7) is 26.7. The Morgan fingerprint density at radius 1 is 0.370 bits per heavy atom. The summed E-state index contributed by atoms with van der Waals surface area (Å²) in [5.74, 6) is -3.22. The van der Waals surface area contributed by atoms with Crippen molar-refractivity contribution in [2.75, 3.05) is 79.3 Å². The Balaban J connectivity index is 0. The molecule has 0 amide bonds. The molecule has 0 bridgehead atoms. The van der Waals surface area contributed by atoms with E-state index in [1.807, 2.05) is 6.92 Å². The highest BCUT2D eigenvalue weighted by Crippen LogP contribution is 2.25. The van der Waals surface area contributed by atoms with Gasteiger partial charge in [-0.25, -0.2) is 28.8 Å². The number of rotatable bonds is 32. The molecule has 0 aromatic heterocycles. The Bertz CT molecular complexity index is 1070. The van der Waals surface area contributed by atoms with E-state index >= 15 is 0 Å². The lowest BCUT2D eigenvalue weighted by atomic mass is 9.88. The molecule has 0 heterocycles. The SMILES string of the molecule is C=CC(=O)OCC(CC)(COC(=O)C=C)COC(=O)C=C.C=CC(=O)OCCCOCC(CC)(COCCCOC(=O)C=C)COCCCOC(=O)C=C. The Hall–Kier alpha value is -4.86. The van der Waals surface area contributed by atoms with Gasteiger partial charge in [-0.1, -0.05) is 53.3 Å². The van der Waals surface area contributed by atoms with Gasteiger partial charge >= 0.3 is 35.8 Å². The van der Waals surface area contributed by atoms with E-state index in [2.05, 4.69) is 39.5 Å². The fraction of sp³-hybridized carbons (Fsp3) is 0.538. The van der Waals surface area contributed by atoms with Crippen molar-refractivity contribution in [3.63, 3.8) is 0 Å². The maximum Gasteiger partial charge on any atom is 0.330 e. The molecule has 0 unspecified atom stereocenters. The molecule has 0 atom stereocenters. The fourth-order valence-electron chi connectivity index (χ4n) is 3.76. The predicted octanol–water partition coefficient (Wildman–Crippen LogP) is 4.36. The molecule has 0 saturated heterocycles. The summed E-state index contributed by atoms with van der Waals surface area (Å²) in [6.07, 6.45) is 9.29. The minimum absolute atomic E-state index is 0.0802. The number of esters is 6. The largest absolute Gasteiger partial charge is 0.462 e. The lowest BCUT2D eigenvalue weighted by molar-refractivity contribution is -0.156. The van der Waals surface area contributed by atoms with Crippen LogP contribution in [0.2, 0.25) is 0 Å². The second-order valence-corrected chi connectivity index (χ2v) is 11.5. The third kappa shape index (κ3) is 26.8. The standard InChI is InChI=1S/C24H38O9.C15H20O6/c1-5-21(25)31-15-9-12-28-18-24(8-4,19-29-13-10-16-32-22(26)6-2)20-30-14-11-17-33-23(27)7-3;1-5-12(16)19-9-15(8-4,10-20-13(17)6-2)11-21-14(18)7-3/h5-7H,1-3,8-20H2,4H3;5-7H,1-3,8-11H2,4H3. The quantitative estimate of drug-likeness (QED) is 0.0407. The zero-order valence-electron chi connectivity index (χ0n) is 31.9. The monoisotopic (exact) mass is 766 g/mol. The summed E-state index contributed by atoms with van der Waals surface area (Å²) in [5, 5.41) is 0. The molecule has 15 nitrogen and oxygen atoms in total. The van der Waals surface area contributed by atoms with E-state index in [0.717, 1.165) is 42.9 Å². The van der Waals surface area contributed by atoms with Gasteiger partial charge in [0.25, 0.3) is 0 Å².